The van der Waals surface area contributed by atoms with Gasteiger partial charge in [0.2, 0.25) is 0 Å². The third-order valence-electron chi connectivity index (χ3n) is 3.00. The average molecular weight is 164 g/mol. The summed E-state index contributed by atoms with van der Waals surface area (Å²) in [6, 6.07) is 0. The molecule has 1 saturated carbocycles. The summed E-state index contributed by atoms with van der Waals surface area (Å²) in [7, 11) is 0. The summed E-state index contributed by atoms with van der Waals surface area (Å²) in [5, 5.41) is 0. The minimum absolute atomic E-state index is 0.0483. The summed E-state index contributed by atoms with van der Waals surface area (Å²) in [5.74, 6) is 0.218. The zero-order chi connectivity index (χ0) is 8.60. The van der Waals surface area contributed by atoms with Crippen molar-refractivity contribution in [1.82, 2.24) is 0 Å². The van der Waals surface area contributed by atoms with Crippen molar-refractivity contribution in [1.29, 1.82) is 0 Å². The molecule has 2 nitrogen and oxygen atoms in total. The second-order valence-corrected chi connectivity index (χ2v) is 3.68. The van der Waals surface area contributed by atoms with Crippen molar-refractivity contribution in [2.24, 2.45) is 5.41 Å². The highest BCUT2D eigenvalue weighted by Gasteiger charge is 2.46. The predicted octanol–water partition coefficient (Wildman–Crippen LogP) is 1.64. The average Bonchev–Trinajstić information content (AvgIpc) is 2.41. The Hall–Kier alpha value is -0.920. The molecule has 0 aromatic heterocycles. The number of Topliss-reactive ketones (excluding diaryl/α,β-unsaturated/α-hetero) is 1. The lowest BCUT2D eigenvalue weighted by atomic mass is 9.71. The van der Waals surface area contributed by atoms with Crippen LogP contribution in [0.15, 0.2) is 12.2 Å². The third kappa shape index (κ3) is 0.872. The number of hydrogen-bond donors (Lipinski definition) is 0. The molecule has 0 saturated heterocycles. The standard InChI is InChI=1S/C10H12O2/c11-8-4-1-2-6-10(8)7-3-5-9(10)12/h3,5H,1-2,4,6-7H2/t10-/m1/s1. The number of carbonyl (C=O) groups excluding carboxylic acids is 2. The van der Waals surface area contributed by atoms with E-state index in [-0.39, 0.29) is 11.6 Å². The molecule has 1 atom stereocenters. The highest BCUT2D eigenvalue weighted by Crippen LogP contribution is 2.40. The van der Waals surface area contributed by atoms with Crippen LogP contribution in [0, 0.1) is 5.41 Å². The fraction of sp³-hybridized carbons (Fsp3) is 0.600. The smallest absolute Gasteiger partial charge is 0.169 e. The van der Waals surface area contributed by atoms with Crippen LogP contribution < -0.4 is 0 Å². The van der Waals surface area contributed by atoms with Gasteiger partial charge in [-0.3, -0.25) is 9.59 Å². The van der Waals surface area contributed by atoms with Gasteiger partial charge in [-0.1, -0.05) is 12.5 Å². The minimum atomic E-state index is -0.599. The summed E-state index contributed by atoms with van der Waals surface area (Å²) in [4.78, 5) is 23.0. The zero-order valence-corrected chi connectivity index (χ0v) is 7.01. The van der Waals surface area contributed by atoms with Crippen LogP contribution in [0.5, 0.6) is 0 Å². The first-order valence-corrected chi connectivity index (χ1v) is 4.50. The Bertz CT molecular complexity index is 265. The van der Waals surface area contributed by atoms with Crippen LogP contribution in [0.4, 0.5) is 0 Å². The molecule has 64 valence electrons. The van der Waals surface area contributed by atoms with Crippen molar-refractivity contribution in [3.05, 3.63) is 12.2 Å². The molecule has 0 N–H and O–H groups in total. The van der Waals surface area contributed by atoms with E-state index in [2.05, 4.69) is 0 Å². The Morgan fingerprint density at radius 1 is 1.25 bits per heavy atom. The molecule has 2 aliphatic rings. The number of allylic oxidation sites excluding steroid dienone is 2. The third-order valence-corrected chi connectivity index (χ3v) is 3.00. The molecule has 2 heteroatoms. The van der Waals surface area contributed by atoms with Crippen LogP contribution in [-0.4, -0.2) is 11.6 Å². The molecule has 1 spiro atoms. The van der Waals surface area contributed by atoms with Gasteiger partial charge in [0.1, 0.15) is 5.78 Å². The van der Waals surface area contributed by atoms with E-state index in [0.29, 0.717) is 12.8 Å². The van der Waals surface area contributed by atoms with Crippen molar-refractivity contribution in [2.45, 2.75) is 32.1 Å². The topological polar surface area (TPSA) is 34.1 Å². The number of ketones is 2. The molecule has 2 rings (SSSR count). The molecule has 0 amide bonds. The Balaban J connectivity index is 2.29. The Morgan fingerprint density at radius 3 is 2.67 bits per heavy atom. The quantitative estimate of drug-likeness (QED) is 0.510. The van der Waals surface area contributed by atoms with Gasteiger partial charge in [0, 0.05) is 6.42 Å². The van der Waals surface area contributed by atoms with Crippen LogP contribution >= 0.6 is 0 Å². The first-order chi connectivity index (χ1) is 5.76. The first kappa shape index (κ1) is 7.71. The Kier molecular flexibility index (Phi) is 1.63. The molecule has 1 fully saturated rings. The summed E-state index contributed by atoms with van der Waals surface area (Å²) in [6.45, 7) is 0. The lowest BCUT2D eigenvalue weighted by molar-refractivity contribution is -0.139. The minimum Gasteiger partial charge on any atom is -0.299 e. The van der Waals surface area contributed by atoms with Crippen molar-refractivity contribution >= 4 is 11.6 Å². The van der Waals surface area contributed by atoms with E-state index in [1.807, 2.05) is 6.08 Å². The maximum absolute atomic E-state index is 11.6. The second kappa shape index (κ2) is 2.54. The first-order valence-electron chi connectivity index (χ1n) is 4.50. The van der Waals surface area contributed by atoms with Gasteiger partial charge in [-0.2, -0.15) is 0 Å². The van der Waals surface area contributed by atoms with E-state index in [1.54, 1.807) is 6.08 Å². The highest BCUT2D eigenvalue weighted by atomic mass is 16.2. The molecule has 0 aromatic carbocycles. The van der Waals surface area contributed by atoms with E-state index in [4.69, 9.17) is 0 Å². The van der Waals surface area contributed by atoms with Gasteiger partial charge in [0.15, 0.2) is 5.78 Å². The maximum Gasteiger partial charge on any atom is 0.169 e. The fourth-order valence-corrected chi connectivity index (χ4v) is 2.19. The van der Waals surface area contributed by atoms with Crippen molar-refractivity contribution in [3.63, 3.8) is 0 Å². The van der Waals surface area contributed by atoms with Crippen LogP contribution in [0.1, 0.15) is 32.1 Å². The summed E-state index contributed by atoms with van der Waals surface area (Å²) in [6.07, 6.45) is 7.44. The lowest BCUT2D eigenvalue weighted by Gasteiger charge is -2.29. The molecular formula is C10H12O2. The number of carbonyl (C=O) groups is 2. The normalized spacial score (nSPS) is 35.0. The molecule has 0 unspecified atom stereocenters. The van der Waals surface area contributed by atoms with Gasteiger partial charge >= 0.3 is 0 Å². The summed E-state index contributed by atoms with van der Waals surface area (Å²) >= 11 is 0. The number of rotatable bonds is 0. The number of hydrogen-bond acceptors (Lipinski definition) is 2. The van der Waals surface area contributed by atoms with Crippen LogP contribution in [0.25, 0.3) is 0 Å². The van der Waals surface area contributed by atoms with Gasteiger partial charge in [-0.15, -0.1) is 0 Å². The summed E-state index contributed by atoms with van der Waals surface area (Å²) in [5.41, 5.74) is -0.599. The van der Waals surface area contributed by atoms with E-state index in [0.717, 1.165) is 19.3 Å². The lowest BCUT2D eigenvalue weighted by Crippen LogP contribution is -2.38. The van der Waals surface area contributed by atoms with Crippen LogP contribution in [0.3, 0.4) is 0 Å². The molecule has 0 bridgehead atoms. The predicted molar refractivity (Wildman–Crippen MR) is 44.7 cm³/mol. The highest BCUT2D eigenvalue weighted by molar-refractivity contribution is 6.13. The molecule has 0 aliphatic heterocycles. The van der Waals surface area contributed by atoms with Crippen LogP contribution in [0.2, 0.25) is 0 Å². The largest absolute Gasteiger partial charge is 0.299 e. The Morgan fingerprint density at radius 2 is 2.08 bits per heavy atom. The monoisotopic (exact) mass is 164 g/mol. The van der Waals surface area contributed by atoms with E-state index < -0.39 is 5.41 Å². The SMILES string of the molecule is O=C1C=CC[C@@]12CCCCC2=O. The van der Waals surface area contributed by atoms with E-state index >= 15 is 0 Å². The molecule has 0 aromatic rings. The van der Waals surface area contributed by atoms with Gasteiger partial charge in [0.25, 0.3) is 0 Å². The zero-order valence-electron chi connectivity index (χ0n) is 7.01. The molecule has 2 aliphatic carbocycles. The fourth-order valence-electron chi connectivity index (χ4n) is 2.19. The molecule has 12 heavy (non-hydrogen) atoms. The van der Waals surface area contributed by atoms with E-state index in [1.165, 1.54) is 0 Å². The van der Waals surface area contributed by atoms with Crippen LogP contribution in [-0.2, 0) is 9.59 Å². The molecular weight excluding hydrogens is 152 g/mol. The van der Waals surface area contributed by atoms with Gasteiger partial charge in [0.05, 0.1) is 5.41 Å². The van der Waals surface area contributed by atoms with Gasteiger partial charge < -0.3 is 0 Å². The molecule has 0 radical (unpaired) electrons. The maximum atomic E-state index is 11.6. The van der Waals surface area contributed by atoms with Crippen molar-refractivity contribution < 1.29 is 9.59 Å². The van der Waals surface area contributed by atoms with E-state index in [9.17, 15) is 9.59 Å². The van der Waals surface area contributed by atoms with Gasteiger partial charge in [-0.25, -0.2) is 0 Å². The van der Waals surface area contributed by atoms with Crippen molar-refractivity contribution in [3.8, 4) is 0 Å². The van der Waals surface area contributed by atoms with Crippen molar-refractivity contribution in [2.75, 3.05) is 0 Å². The second-order valence-electron chi connectivity index (χ2n) is 3.68. The molecule has 0 heterocycles. The summed E-state index contributed by atoms with van der Waals surface area (Å²) < 4.78 is 0. The Labute approximate surface area is 71.6 Å². The van der Waals surface area contributed by atoms with Gasteiger partial charge in [-0.05, 0) is 25.3 Å².